The van der Waals surface area contributed by atoms with Gasteiger partial charge in [0.25, 0.3) is 5.56 Å². The minimum Gasteiger partial charge on any atom is -0.497 e. The number of nitrogens with zero attached hydrogens (tertiary/aromatic N) is 1. The fourth-order valence-electron chi connectivity index (χ4n) is 9.53. The lowest BCUT2D eigenvalue weighted by atomic mass is 9.80. The van der Waals surface area contributed by atoms with E-state index >= 15 is 0 Å². The minimum atomic E-state index is -1.26. The van der Waals surface area contributed by atoms with Crippen LogP contribution in [0.3, 0.4) is 0 Å². The highest BCUT2D eigenvalue weighted by Gasteiger charge is 2.52. The predicted octanol–water partition coefficient (Wildman–Crippen LogP) is 12.7. The van der Waals surface area contributed by atoms with Crippen molar-refractivity contribution in [2.24, 2.45) is 0 Å². The summed E-state index contributed by atoms with van der Waals surface area (Å²) in [5, 5.41) is 0. The van der Waals surface area contributed by atoms with E-state index in [-0.39, 0.29) is 19.4 Å². The van der Waals surface area contributed by atoms with E-state index in [0.29, 0.717) is 24.3 Å². The summed E-state index contributed by atoms with van der Waals surface area (Å²) in [6.07, 6.45) is 21.9. The SMILES string of the molecule is CCCCCCCCCCCCCC(=O)OC1C(OC(=O)CCCCCCCCCCCCC)[C@@H](n2ccc(=O)[nH]c2=O)O[C@H]1COC(c1ccccc1)(c1ccc(OC)cc1)c1ccc(OC)cc1. The summed E-state index contributed by atoms with van der Waals surface area (Å²) in [7, 11) is 3.22. The molecule has 384 valence electrons. The molecule has 0 radical (unpaired) electrons. The van der Waals surface area contributed by atoms with E-state index in [1.165, 1.54) is 107 Å². The van der Waals surface area contributed by atoms with Crippen LogP contribution < -0.4 is 20.7 Å². The van der Waals surface area contributed by atoms with Crippen LogP contribution in [0.25, 0.3) is 0 Å². The summed E-state index contributed by atoms with van der Waals surface area (Å²) in [5.74, 6) is 0.373. The van der Waals surface area contributed by atoms with Crippen LogP contribution in [0.1, 0.15) is 191 Å². The summed E-state index contributed by atoms with van der Waals surface area (Å²) in [6, 6.07) is 26.2. The number of H-pyrrole nitrogens is 1. The van der Waals surface area contributed by atoms with Crippen molar-refractivity contribution in [1.82, 2.24) is 9.55 Å². The van der Waals surface area contributed by atoms with Crippen molar-refractivity contribution in [1.29, 1.82) is 0 Å². The molecule has 1 aliphatic heterocycles. The molecule has 1 fully saturated rings. The van der Waals surface area contributed by atoms with Gasteiger partial charge < -0.3 is 28.4 Å². The molecule has 12 heteroatoms. The number of rotatable bonds is 35. The first-order valence-corrected chi connectivity index (χ1v) is 26.6. The summed E-state index contributed by atoms with van der Waals surface area (Å²) < 4.78 is 38.9. The first kappa shape index (κ1) is 55.7. The van der Waals surface area contributed by atoms with Crippen molar-refractivity contribution in [3.05, 3.63) is 129 Å². The third-order valence-corrected chi connectivity index (χ3v) is 13.6. The van der Waals surface area contributed by atoms with Crippen molar-refractivity contribution in [2.75, 3.05) is 20.8 Å². The number of hydrogen-bond donors (Lipinski definition) is 1. The molecule has 70 heavy (non-hydrogen) atoms. The van der Waals surface area contributed by atoms with Gasteiger partial charge in [0, 0.05) is 25.1 Å². The number of esters is 2. The Kier molecular flexibility index (Phi) is 24.8. The molecule has 2 unspecified atom stereocenters. The number of aromatic nitrogens is 2. The van der Waals surface area contributed by atoms with E-state index in [1.54, 1.807) is 14.2 Å². The van der Waals surface area contributed by atoms with Gasteiger partial charge in [0.05, 0.1) is 20.8 Å². The zero-order valence-electron chi connectivity index (χ0n) is 42.7. The van der Waals surface area contributed by atoms with Crippen molar-refractivity contribution < 1.29 is 38.0 Å². The highest BCUT2D eigenvalue weighted by molar-refractivity contribution is 5.71. The second-order valence-electron chi connectivity index (χ2n) is 18.9. The lowest BCUT2D eigenvalue weighted by Crippen LogP contribution is -2.44. The van der Waals surface area contributed by atoms with E-state index in [9.17, 15) is 19.2 Å². The molecule has 12 nitrogen and oxygen atoms in total. The van der Waals surface area contributed by atoms with Crippen molar-refractivity contribution in [3.8, 4) is 11.5 Å². The van der Waals surface area contributed by atoms with Gasteiger partial charge in [0.2, 0.25) is 0 Å². The van der Waals surface area contributed by atoms with E-state index < -0.39 is 53.3 Å². The quantitative estimate of drug-likeness (QED) is 0.0269. The van der Waals surface area contributed by atoms with Crippen LogP contribution in [0.5, 0.6) is 11.5 Å². The van der Waals surface area contributed by atoms with E-state index in [1.807, 2.05) is 78.9 Å². The summed E-state index contributed by atoms with van der Waals surface area (Å²) >= 11 is 0. The van der Waals surface area contributed by atoms with E-state index in [4.69, 9.17) is 28.4 Å². The van der Waals surface area contributed by atoms with E-state index in [2.05, 4.69) is 18.8 Å². The Labute approximate surface area is 417 Å². The molecule has 0 aliphatic carbocycles. The van der Waals surface area contributed by atoms with Crippen molar-refractivity contribution >= 4 is 11.9 Å². The molecule has 4 aromatic rings. The molecule has 4 atom stereocenters. The normalized spacial score (nSPS) is 16.8. The number of carbonyl (C=O) groups excluding carboxylic acids is 2. The molecule has 0 spiro atoms. The van der Waals surface area contributed by atoms with Gasteiger partial charge in [0.1, 0.15) is 23.2 Å². The highest BCUT2D eigenvalue weighted by atomic mass is 16.7. The van der Waals surface area contributed by atoms with Crippen LogP contribution in [0, 0.1) is 0 Å². The fourth-order valence-corrected chi connectivity index (χ4v) is 9.53. The Morgan fingerprint density at radius 2 is 0.957 bits per heavy atom. The van der Waals surface area contributed by atoms with Gasteiger partial charge >= 0.3 is 17.6 Å². The second kappa shape index (κ2) is 31.2. The maximum atomic E-state index is 14.0. The zero-order valence-corrected chi connectivity index (χ0v) is 42.7. The number of methoxy groups -OCH3 is 2. The van der Waals surface area contributed by atoms with Crippen LogP contribution in [0.15, 0.2) is 101 Å². The Balaban J connectivity index is 1.40. The molecule has 1 aliphatic rings. The highest BCUT2D eigenvalue weighted by Crippen LogP contribution is 2.43. The Bertz CT molecular complexity index is 2140. The summed E-state index contributed by atoms with van der Waals surface area (Å²) in [5.41, 5.74) is -0.261. The number of hydrogen-bond acceptors (Lipinski definition) is 10. The lowest BCUT2D eigenvalue weighted by Gasteiger charge is -2.37. The van der Waals surface area contributed by atoms with Gasteiger partial charge in [-0.2, -0.15) is 0 Å². The van der Waals surface area contributed by atoms with Crippen LogP contribution >= 0.6 is 0 Å². The molecule has 1 aromatic heterocycles. The molecular formula is C58H82N2O10. The lowest BCUT2D eigenvalue weighted by molar-refractivity contribution is -0.169. The molecule has 1 N–H and O–H groups in total. The summed E-state index contributed by atoms with van der Waals surface area (Å²) in [6.45, 7) is 4.29. The van der Waals surface area contributed by atoms with Gasteiger partial charge in [-0.25, -0.2) is 4.79 Å². The molecule has 0 saturated carbocycles. The first-order valence-electron chi connectivity index (χ1n) is 26.6. The molecular weight excluding hydrogens is 885 g/mol. The average Bonchev–Trinajstić information content (AvgIpc) is 3.70. The van der Waals surface area contributed by atoms with Crippen molar-refractivity contribution in [3.63, 3.8) is 0 Å². The number of aromatic amines is 1. The van der Waals surface area contributed by atoms with Crippen LogP contribution in [0.4, 0.5) is 0 Å². The smallest absolute Gasteiger partial charge is 0.330 e. The topological polar surface area (TPSA) is 144 Å². The Morgan fingerprint density at radius 1 is 0.543 bits per heavy atom. The number of benzene rings is 3. The second-order valence-corrected chi connectivity index (χ2v) is 18.9. The molecule has 5 rings (SSSR count). The average molecular weight is 967 g/mol. The van der Waals surface area contributed by atoms with Gasteiger partial charge in [-0.15, -0.1) is 0 Å². The van der Waals surface area contributed by atoms with Gasteiger partial charge in [-0.05, 0) is 53.8 Å². The van der Waals surface area contributed by atoms with Crippen LogP contribution in [-0.2, 0) is 34.1 Å². The molecule has 0 amide bonds. The molecule has 3 aromatic carbocycles. The van der Waals surface area contributed by atoms with Crippen molar-refractivity contribution in [2.45, 2.75) is 198 Å². The first-order chi connectivity index (χ1) is 34.2. The maximum Gasteiger partial charge on any atom is 0.330 e. The number of nitrogens with one attached hydrogen (secondary N) is 1. The number of ether oxygens (including phenoxy) is 6. The third kappa shape index (κ3) is 17.3. The number of unbranched alkanes of at least 4 members (excludes halogenated alkanes) is 20. The maximum absolute atomic E-state index is 14.0. The van der Waals surface area contributed by atoms with Crippen LogP contribution in [-0.4, -0.2) is 60.6 Å². The molecule has 1 saturated heterocycles. The molecule has 0 bridgehead atoms. The molecule has 2 heterocycles. The third-order valence-electron chi connectivity index (χ3n) is 13.6. The minimum absolute atomic E-state index is 0.146. The standard InChI is InChI=1S/C58H82N2O10/c1-5-7-9-11-13-15-17-19-21-23-28-32-52(62)69-54-50(44-67-58(45-30-26-25-27-31-45,46-34-38-48(65-3)39-35-46)47-36-40-49(66-4)41-37-47)68-56(60-43-42-51(61)59-57(60)64)55(54)70-53(63)33-29-24-22-20-18-16-14-12-10-8-6-2/h25-27,30-31,34-43,50,54-56H,5-24,28-29,32-33,44H2,1-4H3,(H,59,61,64)/t50-,54?,55?,56-/m0/s1. The zero-order chi connectivity index (χ0) is 49.8. The summed E-state index contributed by atoms with van der Waals surface area (Å²) in [4.78, 5) is 56.0. The predicted molar refractivity (Wildman–Crippen MR) is 275 cm³/mol. The van der Waals surface area contributed by atoms with Gasteiger partial charge in [0.15, 0.2) is 18.4 Å². The van der Waals surface area contributed by atoms with E-state index in [0.717, 1.165) is 55.2 Å². The Hall–Kier alpha value is -5.20. The fraction of sp³-hybridized carbons (Fsp3) is 0.586. The van der Waals surface area contributed by atoms with Crippen LogP contribution in [0.2, 0.25) is 0 Å². The number of carbonyl (C=O) groups is 2. The van der Waals surface area contributed by atoms with Gasteiger partial charge in [-0.1, -0.05) is 197 Å². The monoisotopic (exact) mass is 967 g/mol. The largest absolute Gasteiger partial charge is 0.497 e. The van der Waals surface area contributed by atoms with Gasteiger partial charge in [-0.3, -0.25) is 23.9 Å². The Morgan fingerprint density at radius 3 is 1.39 bits per heavy atom.